The molecule has 0 amide bonds. The molecule has 1 aliphatic rings. The average molecular weight is 305 g/mol. The van der Waals surface area contributed by atoms with E-state index >= 15 is 0 Å². The van der Waals surface area contributed by atoms with Crippen molar-refractivity contribution in [3.8, 4) is 0 Å². The molecule has 0 bridgehead atoms. The summed E-state index contributed by atoms with van der Waals surface area (Å²) in [5.74, 6) is -3.06. The van der Waals surface area contributed by atoms with E-state index in [4.69, 9.17) is 5.11 Å². The van der Waals surface area contributed by atoms with Crippen molar-refractivity contribution in [2.24, 2.45) is 0 Å². The van der Waals surface area contributed by atoms with Gasteiger partial charge in [0.15, 0.2) is 0 Å². The molecule has 0 radical (unpaired) electrons. The predicted octanol–water partition coefficient (Wildman–Crippen LogP) is 1.59. The number of rotatable bonds is 6. The fraction of sp³-hybridized carbons (Fsp3) is 0.417. The van der Waals surface area contributed by atoms with Gasteiger partial charge in [-0.1, -0.05) is 0 Å². The van der Waals surface area contributed by atoms with Crippen LogP contribution in [0.5, 0.6) is 0 Å². The van der Waals surface area contributed by atoms with Gasteiger partial charge in [-0.15, -0.1) is 0 Å². The van der Waals surface area contributed by atoms with Crippen molar-refractivity contribution >= 4 is 16.0 Å². The van der Waals surface area contributed by atoms with E-state index in [0.29, 0.717) is 18.9 Å². The molecule has 1 aromatic rings. The molecule has 0 unspecified atom stereocenters. The van der Waals surface area contributed by atoms with Crippen LogP contribution in [0.15, 0.2) is 23.1 Å². The molecular weight excluding hydrogens is 292 g/mol. The number of carboxylic acids is 1. The molecule has 0 aromatic heterocycles. The van der Waals surface area contributed by atoms with Crippen molar-refractivity contribution in [2.75, 3.05) is 6.54 Å². The SMILES string of the molecule is O=C(O)CCN(C1CC1)S(=O)(=O)c1cc(F)ccc1F. The molecular formula is C12H13F2NO4S. The molecule has 0 spiro atoms. The van der Waals surface area contributed by atoms with Crippen LogP contribution in [0.25, 0.3) is 0 Å². The van der Waals surface area contributed by atoms with Gasteiger partial charge in [-0.25, -0.2) is 17.2 Å². The minimum Gasteiger partial charge on any atom is -0.481 e. The third-order valence-electron chi connectivity index (χ3n) is 2.98. The molecule has 5 nitrogen and oxygen atoms in total. The second kappa shape index (κ2) is 5.45. The van der Waals surface area contributed by atoms with E-state index in [-0.39, 0.29) is 19.0 Å². The first kappa shape index (κ1) is 14.9. The smallest absolute Gasteiger partial charge is 0.304 e. The topological polar surface area (TPSA) is 74.7 Å². The van der Waals surface area contributed by atoms with Crippen molar-refractivity contribution in [3.05, 3.63) is 29.8 Å². The van der Waals surface area contributed by atoms with E-state index in [1.54, 1.807) is 0 Å². The molecule has 1 aromatic carbocycles. The van der Waals surface area contributed by atoms with Crippen LogP contribution in [0, 0.1) is 11.6 Å². The maximum absolute atomic E-state index is 13.6. The van der Waals surface area contributed by atoms with Gasteiger partial charge >= 0.3 is 5.97 Å². The molecule has 1 N–H and O–H groups in total. The normalized spacial score (nSPS) is 15.6. The molecule has 1 aliphatic carbocycles. The van der Waals surface area contributed by atoms with Crippen LogP contribution in [0.4, 0.5) is 8.78 Å². The highest BCUT2D eigenvalue weighted by atomic mass is 32.2. The first-order valence-corrected chi connectivity index (χ1v) is 7.45. The van der Waals surface area contributed by atoms with E-state index in [0.717, 1.165) is 16.4 Å². The van der Waals surface area contributed by atoms with Gasteiger partial charge in [0.25, 0.3) is 0 Å². The molecule has 2 rings (SSSR count). The average Bonchev–Trinajstić information content (AvgIpc) is 3.16. The summed E-state index contributed by atoms with van der Waals surface area (Å²) in [4.78, 5) is 9.82. The summed E-state index contributed by atoms with van der Waals surface area (Å²) in [5.41, 5.74) is 0. The summed E-state index contributed by atoms with van der Waals surface area (Å²) in [6.07, 6.45) is 0.804. The lowest BCUT2D eigenvalue weighted by Crippen LogP contribution is -2.35. The lowest BCUT2D eigenvalue weighted by atomic mass is 10.3. The third-order valence-corrected chi connectivity index (χ3v) is 4.95. The van der Waals surface area contributed by atoms with Crippen molar-refractivity contribution < 1.29 is 27.1 Å². The lowest BCUT2D eigenvalue weighted by molar-refractivity contribution is -0.137. The molecule has 0 aliphatic heterocycles. The van der Waals surface area contributed by atoms with E-state index in [1.165, 1.54) is 0 Å². The highest BCUT2D eigenvalue weighted by molar-refractivity contribution is 7.89. The van der Waals surface area contributed by atoms with Crippen LogP contribution >= 0.6 is 0 Å². The van der Waals surface area contributed by atoms with Crippen molar-refractivity contribution in [1.82, 2.24) is 4.31 Å². The Morgan fingerprint density at radius 2 is 2.00 bits per heavy atom. The Kier molecular flexibility index (Phi) is 4.05. The van der Waals surface area contributed by atoms with Gasteiger partial charge in [-0.2, -0.15) is 4.31 Å². The van der Waals surface area contributed by atoms with Gasteiger partial charge in [0.2, 0.25) is 10.0 Å². The summed E-state index contributed by atoms with van der Waals surface area (Å²) in [6.45, 7) is -0.252. The van der Waals surface area contributed by atoms with Crippen LogP contribution in [0.2, 0.25) is 0 Å². The van der Waals surface area contributed by atoms with Crippen molar-refractivity contribution in [3.63, 3.8) is 0 Å². The van der Waals surface area contributed by atoms with Gasteiger partial charge in [-0.05, 0) is 31.0 Å². The fourth-order valence-corrected chi connectivity index (χ4v) is 3.63. The Labute approximate surface area is 114 Å². The van der Waals surface area contributed by atoms with E-state index in [2.05, 4.69) is 0 Å². The molecule has 8 heteroatoms. The van der Waals surface area contributed by atoms with Crippen LogP contribution in [-0.4, -0.2) is 36.4 Å². The minimum atomic E-state index is -4.23. The largest absolute Gasteiger partial charge is 0.481 e. The van der Waals surface area contributed by atoms with E-state index < -0.39 is 32.5 Å². The fourth-order valence-electron chi connectivity index (χ4n) is 1.87. The number of carbonyl (C=O) groups is 1. The van der Waals surface area contributed by atoms with Crippen LogP contribution in [0.1, 0.15) is 19.3 Å². The van der Waals surface area contributed by atoms with Gasteiger partial charge < -0.3 is 5.11 Å². The van der Waals surface area contributed by atoms with Crippen LogP contribution in [-0.2, 0) is 14.8 Å². The second-order valence-corrected chi connectivity index (χ2v) is 6.42. The monoisotopic (exact) mass is 305 g/mol. The maximum atomic E-state index is 13.6. The number of benzene rings is 1. The Bertz CT molecular complexity index is 628. The van der Waals surface area contributed by atoms with Crippen molar-refractivity contribution in [2.45, 2.75) is 30.2 Å². The number of aliphatic carboxylic acids is 1. The zero-order valence-electron chi connectivity index (χ0n) is 10.4. The molecule has 1 saturated carbocycles. The zero-order valence-corrected chi connectivity index (χ0v) is 11.2. The standard InChI is InChI=1S/C12H13F2NO4S/c13-8-1-4-10(14)11(7-8)20(18,19)15(9-2-3-9)6-5-12(16)17/h1,4,7,9H,2-3,5-6H2,(H,16,17). The van der Waals surface area contributed by atoms with Crippen LogP contribution in [0.3, 0.4) is 0 Å². The first-order chi connectivity index (χ1) is 9.32. The third kappa shape index (κ3) is 3.13. The Morgan fingerprint density at radius 1 is 1.35 bits per heavy atom. The molecule has 0 heterocycles. The quantitative estimate of drug-likeness (QED) is 0.866. The van der Waals surface area contributed by atoms with Gasteiger partial charge in [0.1, 0.15) is 16.5 Å². The molecule has 0 atom stereocenters. The Hall–Kier alpha value is -1.54. The number of halogens is 2. The van der Waals surface area contributed by atoms with Gasteiger partial charge in [-0.3, -0.25) is 4.79 Å². The predicted molar refractivity (Wildman–Crippen MR) is 65.5 cm³/mol. The summed E-state index contributed by atoms with van der Waals surface area (Å²) in [6, 6.07) is 1.85. The summed E-state index contributed by atoms with van der Waals surface area (Å²) in [5, 5.41) is 8.64. The number of hydrogen-bond donors (Lipinski definition) is 1. The number of hydrogen-bond acceptors (Lipinski definition) is 3. The molecule has 20 heavy (non-hydrogen) atoms. The number of sulfonamides is 1. The summed E-state index contributed by atoms with van der Waals surface area (Å²) in [7, 11) is -4.23. The maximum Gasteiger partial charge on any atom is 0.304 e. The highest BCUT2D eigenvalue weighted by Gasteiger charge is 2.39. The van der Waals surface area contributed by atoms with Crippen LogP contribution < -0.4 is 0 Å². The summed E-state index contributed by atoms with van der Waals surface area (Å²) < 4.78 is 52.3. The van der Waals surface area contributed by atoms with E-state index in [1.807, 2.05) is 0 Å². The molecule has 0 saturated heterocycles. The Morgan fingerprint density at radius 3 is 2.55 bits per heavy atom. The number of carboxylic acid groups (broad SMARTS) is 1. The summed E-state index contributed by atoms with van der Waals surface area (Å²) >= 11 is 0. The van der Waals surface area contributed by atoms with Crippen molar-refractivity contribution in [1.29, 1.82) is 0 Å². The zero-order chi connectivity index (χ0) is 14.9. The lowest BCUT2D eigenvalue weighted by Gasteiger charge is -2.21. The second-order valence-electron chi connectivity index (χ2n) is 4.57. The number of nitrogens with zero attached hydrogens (tertiary/aromatic N) is 1. The molecule has 110 valence electrons. The minimum absolute atomic E-state index is 0.252. The van der Waals surface area contributed by atoms with Gasteiger partial charge in [0, 0.05) is 12.6 Å². The van der Waals surface area contributed by atoms with E-state index in [9.17, 15) is 22.0 Å². The van der Waals surface area contributed by atoms with Gasteiger partial charge in [0.05, 0.1) is 6.42 Å². The Balaban J connectivity index is 2.35. The first-order valence-electron chi connectivity index (χ1n) is 6.01. The highest BCUT2D eigenvalue weighted by Crippen LogP contribution is 2.33. The molecule has 1 fully saturated rings.